The fourth-order valence-electron chi connectivity index (χ4n) is 1.35. The molecule has 10 heteroatoms. The number of hydrogen-bond acceptors (Lipinski definition) is 6. The van der Waals surface area contributed by atoms with Crippen LogP contribution in [0.3, 0.4) is 0 Å². The van der Waals surface area contributed by atoms with E-state index < -0.39 is 41.6 Å². The lowest BCUT2D eigenvalue weighted by molar-refractivity contribution is -0.174. The highest BCUT2D eigenvalue weighted by molar-refractivity contribution is 6.25. The van der Waals surface area contributed by atoms with E-state index in [2.05, 4.69) is 4.79 Å². The van der Waals surface area contributed by atoms with Gasteiger partial charge in [0.1, 0.15) is 6.04 Å². The number of nitrogens with one attached hydrogen (secondary N) is 1. The number of ether oxygens (including phenoxy) is 2. The molecule has 0 aromatic heterocycles. The molecular weight excluding hydrogens is 322 g/mol. The van der Waals surface area contributed by atoms with E-state index in [-0.39, 0.29) is 12.8 Å². The summed E-state index contributed by atoms with van der Waals surface area (Å²) in [6.45, 7) is 6.17. The van der Waals surface area contributed by atoms with Gasteiger partial charge < -0.3 is 25.4 Å². The maximum absolute atomic E-state index is 11.6. The van der Waals surface area contributed by atoms with Crippen LogP contribution in [0.25, 0.3) is 5.53 Å². The third-order valence-electron chi connectivity index (χ3n) is 2.63. The molecule has 0 aromatic carbocycles. The van der Waals surface area contributed by atoms with Crippen LogP contribution >= 0.6 is 0 Å². The Morgan fingerprint density at radius 1 is 1.25 bits per heavy atom. The van der Waals surface area contributed by atoms with Gasteiger partial charge in [-0.3, -0.25) is 9.59 Å². The standard InChI is InChI=1S/C14H21N3O7/c1-8(23-12(21)14(2,3)4)24-13(22)17-10(11(19)20)6-5-9(18)7-16-15/h7-8,10H,5-6H2,1-4H3,(H,17,22)(H,19,20)/t8?,10-/m0/s1. The number of hydrogen-bond donors (Lipinski definition) is 2. The first-order valence-electron chi connectivity index (χ1n) is 7.08. The van der Waals surface area contributed by atoms with Crippen LogP contribution in [0.4, 0.5) is 4.79 Å². The predicted octanol–water partition coefficient (Wildman–Crippen LogP) is 0.751. The second-order valence-corrected chi connectivity index (χ2v) is 5.91. The third kappa shape index (κ3) is 8.64. The monoisotopic (exact) mass is 343 g/mol. The lowest BCUT2D eigenvalue weighted by atomic mass is 9.97. The van der Waals surface area contributed by atoms with Crippen molar-refractivity contribution in [2.75, 3.05) is 0 Å². The van der Waals surface area contributed by atoms with Crippen molar-refractivity contribution in [3.05, 3.63) is 5.53 Å². The molecule has 0 fully saturated rings. The molecule has 0 saturated heterocycles. The molecule has 0 spiro atoms. The number of carboxylic acids is 1. The van der Waals surface area contributed by atoms with Crippen molar-refractivity contribution in [3.8, 4) is 0 Å². The summed E-state index contributed by atoms with van der Waals surface area (Å²) in [5.41, 5.74) is 7.40. The molecule has 24 heavy (non-hydrogen) atoms. The van der Waals surface area contributed by atoms with Crippen LogP contribution in [0.1, 0.15) is 40.5 Å². The number of nitrogens with zero attached hydrogens (tertiary/aromatic N) is 2. The van der Waals surface area contributed by atoms with Gasteiger partial charge in [-0.15, -0.1) is 0 Å². The van der Waals surface area contributed by atoms with E-state index in [9.17, 15) is 19.2 Å². The Hall–Kier alpha value is -2.74. The zero-order valence-electron chi connectivity index (χ0n) is 13.9. The maximum atomic E-state index is 11.6. The van der Waals surface area contributed by atoms with Crippen molar-refractivity contribution in [1.82, 2.24) is 5.32 Å². The van der Waals surface area contributed by atoms with Gasteiger partial charge in [-0.25, -0.2) is 9.59 Å². The molecule has 0 aromatic rings. The lowest BCUT2D eigenvalue weighted by Crippen LogP contribution is -2.43. The Morgan fingerprint density at radius 2 is 1.83 bits per heavy atom. The molecule has 0 aliphatic rings. The molecule has 0 rings (SSSR count). The van der Waals surface area contributed by atoms with Crippen LogP contribution in [0, 0.1) is 5.41 Å². The molecule has 0 aliphatic heterocycles. The molecule has 0 saturated carbocycles. The topological polar surface area (TPSA) is 155 Å². The normalized spacial score (nSPS) is 13.0. The molecule has 0 bridgehead atoms. The number of rotatable bonds is 8. The summed E-state index contributed by atoms with van der Waals surface area (Å²) < 4.78 is 9.63. The van der Waals surface area contributed by atoms with Crippen molar-refractivity contribution < 1.29 is 38.5 Å². The SMILES string of the molecule is CC(OC(=O)N[C@@H](CCC(=O)C=[N+]=[N-])C(=O)O)OC(=O)C(C)(C)C. The number of carbonyl (C=O) groups is 4. The zero-order chi connectivity index (χ0) is 18.9. The predicted molar refractivity (Wildman–Crippen MR) is 80.0 cm³/mol. The average Bonchev–Trinajstić information content (AvgIpc) is 2.41. The molecule has 1 unspecified atom stereocenters. The highest BCUT2D eigenvalue weighted by Crippen LogP contribution is 2.16. The van der Waals surface area contributed by atoms with Gasteiger partial charge in [0.15, 0.2) is 0 Å². The zero-order valence-corrected chi connectivity index (χ0v) is 13.9. The highest BCUT2D eigenvalue weighted by Gasteiger charge is 2.27. The van der Waals surface area contributed by atoms with Crippen molar-refractivity contribution in [2.24, 2.45) is 5.41 Å². The molecule has 0 radical (unpaired) electrons. The minimum absolute atomic E-state index is 0.231. The fourth-order valence-corrected chi connectivity index (χ4v) is 1.35. The molecule has 134 valence electrons. The number of ketones is 1. The van der Waals surface area contributed by atoms with E-state index in [0.29, 0.717) is 6.21 Å². The van der Waals surface area contributed by atoms with Crippen LogP contribution in [0.5, 0.6) is 0 Å². The molecule has 2 atom stereocenters. The number of carboxylic acid groups (broad SMARTS) is 1. The quantitative estimate of drug-likeness (QED) is 0.216. The van der Waals surface area contributed by atoms with Gasteiger partial charge in [0.25, 0.3) is 0 Å². The highest BCUT2D eigenvalue weighted by atomic mass is 16.7. The summed E-state index contributed by atoms with van der Waals surface area (Å²) in [6, 6.07) is -1.39. The molecular formula is C14H21N3O7. The summed E-state index contributed by atoms with van der Waals surface area (Å²) in [5, 5.41) is 11.0. The van der Waals surface area contributed by atoms with Gasteiger partial charge in [-0.1, -0.05) is 0 Å². The third-order valence-corrected chi connectivity index (χ3v) is 2.63. The van der Waals surface area contributed by atoms with E-state index in [0.717, 1.165) is 0 Å². The Labute approximate surface area is 138 Å². The van der Waals surface area contributed by atoms with Crippen LogP contribution in [0.15, 0.2) is 0 Å². The summed E-state index contributed by atoms with van der Waals surface area (Å²) in [4.78, 5) is 48.0. The van der Waals surface area contributed by atoms with Gasteiger partial charge in [0.2, 0.25) is 12.1 Å². The van der Waals surface area contributed by atoms with Crippen molar-refractivity contribution in [3.63, 3.8) is 0 Å². The number of amides is 1. The van der Waals surface area contributed by atoms with Crippen molar-refractivity contribution in [2.45, 2.75) is 52.9 Å². The number of esters is 1. The van der Waals surface area contributed by atoms with Gasteiger partial charge in [0, 0.05) is 13.3 Å². The van der Waals surface area contributed by atoms with Gasteiger partial charge in [0.05, 0.1) is 5.41 Å². The van der Waals surface area contributed by atoms with Crippen LogP contribution < -0.4 is 5.32 Å². The van der Waals surface area contributed by atoms with Gasteiger partial charge in [-0.05, 0) is 27.2 Å². The van der Waals surface area contributed by atoms with E-state index in [4.69, 9.17) is 20.1 Å². The minimum Gasteiger partial charge on any atom is -0.480 e. The van der Waals surface area contributed by atoms with E-state index in [1.165, 1.54) is 6.92 Å². The lowest BCUT2D eigenvalue weighted by Gasteiger charge is -2.21. The summed E-state index contributed by atoms with van der Waals surface area (Å²) in [6.07, 6.45) is -2.18. The van der Waals surface area contributed by atoms with Crippen LogP contribution in [-0.2, 0) is 23.9 Å². The van der Waals surface area contributed by atoms with Crippen molar-refractivity contribution in [1.29, 1.82) is 0 Å². The Kier molecular flexibility index (Phi) is 8.34. The Morgan fingerprint density at radius 3 is 2.29 bits per heavy atom. The summed E-state index contributed by atoms with van der Waals surface area (Å²) in [5.74, 6) is -2.57. The second-order valence-electron chi connectivity index (χ2n) is 5.91. The number of carbonyl (C=O) groups excluding carboxylic acids is 3. The van der Waals surface area contributed by atoms with Gasteiger partial charge >= 0.3 is 24.2 Å². The number of aliphatic carboxylic acids is 1. The first-order chi connectivity index (χ1) is 11.0. The molecule has 0 heterocycles. The van der Waals surface area contributed by atoms with Crippen molar-refractivity contribution >= 4 is 30.0 Å². The first kappa shape index (κ1) is 21.3. The van der Waals surface area contributed by atoms with E-state index in [1.807, 2.05) is 5.32 Å². The van der Waals surface area contributed by atoms with E-state index in [1.54, 1.807) is 20.8 Å². The average molecular weight is 343 g/mol. The smallest absolute Gasteiger partial charge is 0.410 e. The molecule has 2 N–H and O–H groups in total. The molecule has 0 aliphatic carbocycles. The Balaban J connectivity index is 4.52. The van der Waals surface area contributed by atoms with E-state index >= 15 is 0 Å². The van der Waals surface area contributed by atoms with Gasteiger partial charge in [-0.2, -0.15) is 4.79 Å². The first-order valence-corrected chi connectivity index (χ1v) is 7.08. The van der Waals surface area contributed by atoms with Crippen LogP contribution in [-0.4, -0.2) is 52.3 Å². The van der Waals surface area contributed by atoms with Crippen LogP contribution in [0.2, 0.25) is 0 Å². The molecule has 10 nitrogen and oxygen atoms in total. The molecule has 1 amide bonds. The number of Topliss-reactive ketones (excluding diaryl/α,β-unsaturated/α-hetero) is 1. The Bertz CT molecular complexity index is 547. The maximum Gasteiger partial charge on any atom is 0.410 e. The summed E-state index contributed by atoms with van der Waals surface area (Å²) in [7, 11) is 0. The summed E-state index contributed by atoms with van der Waals surface area (Å²) >= 11 is 0. The largest absolute Gasteiger partial charge is 0.480 e. The second kappa shape index (κ2) is 9.41. The number of alkyl carbamates (subject to hydrolysis) is 1. The fraction of sp³-hybridized carbons (Fsp3) is 0.643. The minimum atomic E-state index is -1.39.